The summed E-state index contributed by atoms with van der Waals surface area (Å²) in [4.78, 5) is 0. The van der Waals surface area contributed by atoms with E-state index in [-0.39, 0.29) is 12.1 Å². The van der Waals surface area contributed by atoms with Crippen molar-refractivity contribution in [3.05, 3.63) is 121 Å². The van der Waals surface area contributed by atoms with Crippen LogP contribution in [-0.2, 0) is 12.8 Å². The van der Waals surface area contributed by atoms with Crippen molar-refractivity contribution in [3.8, 4) is 0 Å². The topological polar surface area (TPSA) is 36.1 Å². The number of hydrogen-bond donors (Lipinski definition) is 3. The van der Waals surface area contributed by atoms with Crippen molar-refractivity contribution >= 4 is 0 Å². The van der Waals surface area contributed by atoms with Crippen LogP contribution < -0.4 is 16.0 Å². The molecule has 0 spiro atoms. The third-order valence-electron chi connectivity index (χ3n) is 5.85. The average molecular weight is 458 g/mol. The van der Waals surface area contributed by atoms with E-state index in [1.807, 2.05) is 18.2 Å². The van der Waals surface area contributed by atoms with Gasteiger partial charge in [-0.1, -0.05) is 100 Å². The minimum Gasteiger partial charge on any atom is -0.382 e. The molecule has 34 heavy (non-hydrogen) atoms. The quantitative estimate of drug-likeness (QED) is 0.236. The summed E-state index contributed by atoms with van der Waals surface area (Å²) < 4.78 is 0. The molecular formula is C31H43N3. The molecule has 0 fully saturated rings. The summed E-state index contributed by atoms with van der Waals surface area (Å²) in [5.41, 5.74) is 5.61. The Hall–Kier alpha value is -3.20. The number of benzene rings is 2. The van der Waals surface area contributed by atoms with Gasteiger partial charge in [0.05, 0.1) is 12.6 Å². The second-order valence-electron chi connectivity index (χ2n) is 9.41. The van der Waals surface area contributed by atoms with E-state index in [1.54, 1.807) is 0 Å². The molecular weight excluding hydrogens is 414 g/mol. The monoisotopic (exact) mass is 457 g/mol. The van der Waals surface area contributed by atoms with Gasteiger partial charge in [0, 0.05) is 23.1 Å². The maximum absolute atomic E-state index is 4.32. The van der Waals surface area contributed by atoms with Gasteiger partial charge in [-0.2, -0.15) is 0 Å². The van der Waals surface area contributed by atoms with Gasteiger partial charge in [-0.3, -0.25) is 0 Å². The first-order chi connectivity index (χ1) is 16.4. The Kier molecular flexibility index (Phi) is 11.8. The summed E-state index contributed by atoms with van der Waals surface area (Å²) in [6.07, 6.45) is 6.82. The van der Waals surface area contributed by atoms with Crippen LogP contribution in [0.4, 0.5) is 0 Å². The minimum absolute atomic E-state index is 0.129. The summed E-state index contributed by atoms with van der Waals surface area (Å²) in [6, 6.07) is 21.4. The second-order valence-corrected chi connectivity index (χ2v) is 9.41. The van der Waals surface area contributed by atoms with E-state index in [1.165, 1.54) is 11.1 Å². The van der Waals surface area contributed by atoms with E-state index in [9.17, 15) is 0 Å². The fourth-order valence-corrected chi connectivity index (χ4v) is 3.89. The van der Waals surface area contributed by atoms with Gasteiger partial charge in [-0.05, 0) is 49.1 Å². The molecule has 182 valence electrons. The lowest BCUT2D eigenvalue weighted by Gasteiger charge is -2.27. The van der Waals surface area contributed by atoms with Crippen molar-refractivity contribution in [2.45, 2.75) is 58.0 Å². The zero-order chi connectivity index (χ0) is 24.8. The first kappa shape index (κ1) is 27.0. The van der Waals surface area contributed by atoms with Crippen LogP contribution in [0.1, 0.15) is 44.2 Å². The number of aryl methyl sites for hydroxylation is 2. The molecule has 0 aliphatic carbocycles. The molecule has 2 atom stereocenters. The molecule has 0 saturated heterocycles. The van der Waals surface area contributed by atoms with Crippen molar-refractivity contribution in [3.63, 3.8) is 0 Å². The van der Waals surface area contributed by atoms with Crippen molar-refractivity contribution in [1.82, 2.24) is 16.0 Å². The van der Waals surface area contributed by atoms with Crippen molar-refractivity contribution in [2.75, 3.05) is 6.54 Å². The van der Waals surface area contributed by atoms with Gasteiger partial charge in [0.2, 0.25) is 0 Å². The average Bonchev–Trinajstić information content (AvgIpc) is 2.84. The Balaban J connectivity index is 1.79. The summed E-state index contributed by atoms with van der Waals surface area (Å²) in [7, 11) is 0. The highest BCUT2D eigenvalue weighted by molar-refractivity contribution is 5.18. The zero-order valence-electron chi connectivity index (χ0n) is 21.2. The highest BCUT2D eigenvalue weighted by atomic mass is 15.0. The predicted molar refractivity (Wildman–Crippen MR) is 148 cm³/mol. The van der Waals surface area contributed by atoms with Crippen molar-refractivity contribution in [1.29, 1.82) is 0 Å². The largest absolute Gasteiger partial charge is 0.382 e. The van der Waals surface area contributed by atoms with Crippen LogP contribution in [0.3, 0.4) is 0 Å². The molecule has 0 amide bonds. The lowest BCUT2D eigenvalue weighted by Crippen LogP contribution is -2.39. The van der Waals surface area contributed by atoms with Gasteiger partial charge in [-0.15, -0.1) is 6.58 Å². The van der Waals surface area contributed by atoms with E-state index in [2.05, 4.69) is 105 Å². The molecule has 0 saturated carbocycles. The summed E-state index contributed by atoms with van der Waals surface area (Å²) in [5, 5.41) is 10.6. The zero-order valence-corrected chi connectivity index (χ0v) is 21.2. The van der Waals surface area contributed by atoms with E-state index in [0.717, 1.165) is 49.2 Å². The molecule has 0 radical (unpaired) electrons. The summed E-state index contributed by atoms with van der Waals surface area (Å²) >= 11 is 0. The Morgan fingerprint density at radius 1 is 0.824 bits per heavy atom. The van der Waals surface area contributed by atoms with E-state index in [0.29, 0.717) is 12.5 Å². The standard InChI is InChI=1S/C31H43N3/c1-7-30(21-20-29-16-12-9-13-17-29)33-26(5)23-32-27(6)31(22-24(2)3)34-25(4)18-19-28-14-10-8-11-15-28/h7-17,24,30-34H,1,4-6,18-23H2,2-3H3. The second kappa shape index (κ2) is 14.8. The van der Waals surface area contributed by atoms with Gasteiger partial charge in [0.15, 0.2) is 0 Å². The summed E-state index contributed by atoms with van der Waals surface area (Å²) in [5.74, 6) is 0.544. The van der Waals surface area contributed by atoms with E-state index in [4.69, 9.17) is 0 Å². The number of rotatable bonds is 17. The van der Waals surface area contributed by atoms with Crippen molar-refractivity contribution in [2.24, 2.45) is 5.92 Å². The minimum atomic E-state index is 0.129. The van der Waals surface area contributed by atoms with Gasteiger partial charge >= 0.3 is 0 Å². The Labute approximate surface area is 207 Å². The number of hydrogen-bond acceptors (Lipinski definition) is 3. The lowest BCUT2D eigenvalue weighted by molar-refractivity contribution is 0.464. The molecule has 3 heteroatoms. The van der Waals surface area contributed by atoms with Gasteiger partial charge in [-0.25, -0.2) is 0 Å². The van der Waals surface area contributed by atoms with Gasteiger partial charge < -0.3 is 16.0 Å². The third-order valence-corrected chi connectivity index (χ3v) is 5.85. The molecule has 0 aromatic heterocycles. The molecule has 2 unspecified atom stereocenters. The Bertz CT molecular complexity index is 899. The van der Waals surface area contributed by atoms with Gasteiger partial charge in [0.1, 0.15) is 0 Å². The molecule has 2 aromatic rings. The van der Waals surface area contributed by atoms with Crippen LogP contribution >= 0.6 is 0 Å². The highest BCUT2D eigenvalue weighted by Gasteiger charge is 2.15. The smallest absolute Gasteiger partial charge is 0.0653 e. The predicted octanol–water partition coefficient (Wildman–Crippen LogP) is 6.53. The Morgan fingerprint density at radius 3 is 1.97 bits per heavy atom. The first-order valence-electron chi connectivity index (χ1n) is 12.4. The lowest BCUT2D eigenvalue weighted by atomic mass is 10.0. The van der Waals surface area contributed by atoms with Crippen LogP contribution in [-0.4, -0.2) is 18.6 Å². The van der Waals surface area contributed by atoms with E-state index < -0.39 is 0 Å². The van der Waals surface area contributed by atoms with Crippen LogP contribution in [0.2, 0.25) is 0 Å². The molecule has 0 bridgehead atoms. The maximum Gasteiger partial charge on any atom is 0.0653 e. The molecule has 3 nitrogen and oxygen atoms in total. The first-order valence-corrected chi connectivity index (χ1v) is 12.4. The fourth-order valence-electron chi connectivity index (χ4n) is 3.89. The molecule has 0 aliphatic heterocycles. The molecule has 0 aliphatic rings. The number of nitrogens with one attached hydrogen (secondary N) is 3. The van der Waals surface area contributed by atoms with Crippen LogP contribution in [0.5, 0.6) is 0 Å². The van der Waals surface area contributed by atoms with Crippen molar-refractivity contribution < 1.29 is 0 Å². The highest BCUT2D eigenvalue weighted by Crippen LogP contribution is 2.14. The maximum atomic E-state index is 4.32. The molecule has 3 N–H and O–H groups in total. The number of allylic oxidation sites excluding steroid dienone is 1. The molecule has 2 aromatic carbocycles. The van der Waals surface area contributed by atoms with Crippen LogP contribution in [0.25, 0.3) is 0 Å². The third kappa shape index (κ3) is 10.6. The molecule has 2 rings (SSSR count). The van der Waals surface area contributed by atoms with Gasteiger partial charge in [0.25, 0.3) is 0 Å². The molecule has 0 heterocycles. The fraction of sp³-hybridized carbons (Fsp3) is 0.355. The normalized spacial score (nSPS) is 12.4. The SMILES string of the molecule is C=CC(CCc1ccccc1)NC(=C)CNC(=C)C(CC(C)C)NC(=C)CCc1ccccc1. The van der Waals surface area contributed by atoms with Crippen LogP contribution in [0.15, 0.2) is 110 Å². The summed E-state index contributed by atoms with van der Waals surface area (Å²) in [6.45, 7) is 21.9. The van der Waals surface area contributed by atoms with E-state index >= 15 is 0 Å². The Morgan fingerprint density at radius 2 is 1.41 bits per heavy atom. The van der Waals surface area contributed by atoms with Crippen LogP contribution in [0, 0.1) is 5.92 Å².